The van der Waals surface area contributed by atoms with Gasteiger partial charge < -0.3 is 10.1 Å². The van der Waals surface area contributed by atoms with E-state index < -0.39 is 39.0 Å². The lowest BCUT2D eigenvalue weighted by Crippen LogP contribution is -2.30. The van der Waals surface area contributed by atoms with Gasteiger partial charge in [0.05, 0.1) is 27.0 Å². The van der Waals surface area contributed by atoms with Crippen molar-refractivity contribution in [3.8, 4) is 5.69 Å². The van der Waals surface area contributed by atoms with Crippen LogP contribution in [0.1, 0.15) is 28.9 Å². The summed E-state index contributed by atoms with van der Waals surface area (Å²) < 4.78 is 36.6. The first kappa shape index (κ1) is 25.8. The van der Waals surface area contributed by atoms with E-state index in [4.69, 9.17) is 27.9 Å². The zero-order valence-electron chi connectivity index (χ0n) is 19.2. The van der Waals surface area contributed by atoms with Crippen LogP contribution in [0, 0.1) is 6.92 Å². The lowest BCUT2D eigenvalue weighted by atomic mass is 10.2. The number of ether oxygens (including phenoxy) is 1. The summed E-state index contributed by atoms with van der Waals surface area (Å²) in [7, 11) is -2.83. The van der Waals surface area contributed by atoms with Crippen LogP contribution in [0.4, 0.5) is 5.69 Å². The Morgan fingerprint density at radius 3 is 2.42 bits per heavy atom. The van der Waals surface area contributed by atoms with Crippen LogP contribution in [0.25, 0.3) is 5.69 Å². The number of hydrogen-bond donors (Lipinski definition) is 2. The number of halogens is 2. The average molecular weight is 553 g/mol. The van der Waals surface area contributed by atoms with Gasteiger partial charge in [-0.3, -0.25) is 19.0 Å². The minimum atomic E-state index is -4.44. The summed E-state index contributed by atoms with van der Waals surface area (Å²) in [6.07, 6.45) is 1.74. The number of rotatable bonds is 8. The molecule has 1 heterocycles. The van der Waals surface area contributed by atoms with Gasteiger partial charge in [0.2, 0.25) is 0 Å². The van der Waals surface area contributed by atoms with Gasteiger partial charge in [0.25, 0.3) is 21.5 Å². The molecule has 13 heteroatoms. The lowest BCUT2D eigenvalue weighted by Gasteiger charge is -2.12. The van der Waals surface area contributed by atoms with E-state index in [1.165, 1.54) is 9.36 Å². The van der Waals surface area contributed by atoms with Gasteiger partial charge in [-0.05, 0) is 44.0 Å². The monoisotopic (exact) mass is 552 g/mol. The highest BCUT2D eigenvalue weighted by Crippen LogP contribution is 2.31. The lowest BCUT2D eigenvalue weighted by molar-refractivity contribution is -0.124. The minimum Gasteiger partial charge on any atom is -0.452 e. The summed E-state index contributed by atoms with van der Waals surface area (Å²) in [4.78, 5) is 37.0. The number of benzene rings is 2. The quantitative estimate of drug-likeness (QED) is 0.413. The van der Waals surface area contributed by atoms with E-state index in [-0.39, 0.29) is 27.3 Å². The van der Waals surface area contributed by atoms with Gasteiger partial charge in [0, 0.05) is 13.1 Å². The Labute approximate surface area is 216 Å². The van der Waals surface area contributed by atoms with E-state index in [0.29, 0.717) is 11.4 Å². The molecular formula is C23H22Cl2N4O6S. The van der Waals surface area contributed by atoms with Crippen molar-refractivity contribution in [3.63, 3.8) is 0 Å². The predicted molar refractivity (Wildman–Crippen MR) is 134 cm³/mol. The van der Waals surface area contributed by atoms with Crippen LogP contribution < -0.4 is 15.6 Å². The number of carbonyl (C=O) groups is 2. The zero-order valence-corrected chi connectivity index (χ0v) is 21.6. The number of nitrogens with one attached hydrogen (secondary N) is 2. The number of hydrogen-bond acceptors (Lipinski definition) is 6. The first-order valence-corrected chi connectivity index (χ1v) is 13.1. The van der Waals surface area contributed by atoms with Gasteiger partial charge in [-0.1, -0.05) is 41.4 Å². The van der Waals surface area contributed by atoms with Crippen molar-refractivity contribution in [3.05, 3.63) is 74.1 Å². The third-order valence-corrected chi connectivity index (χ3v) is 7.73. The second-order valence-electron chi connectivity index (χ2n) is 8.22. The number of aromatic nitrogens is 2. The SMILES string of the molecule is Cc1c(NS(=O)(=O)c2cc(C(=O)OCC(=O)NC3CC3)c(Cl)cc2Cl)c(=O)n(-c2ccccc2)n1C. The molecule has 10 nitrogen and oxygen atoms in total. The average Bonchev–Trinajstić information content (AvgIpc) is 3.61. The Balaban J connectivity index is 1.63. The third-order valence-electron chi connectivity index (χ3n) is 5.60. The number of anilines is 1. The Morgan fingerprint density at radius 2 is 1.78 bits per heavy atom. The molecule has 2 aromatic carbocycles. The number of nitrogens with zero attached hydrogens (tertiary/aromatic N) is 2. The second kappa shape index (κ2) is 10.00. The van der Waals surface area contributed by atoms with Gasteiger partial charge in [-0.25, -0.2) is 17.9 Å². The van der Waals surface area contributed by atoms with E-state index in [0.717, 1.165) is 25.0 Å². The van der Waals surface area contributed by atoms with E-state index in [1.54, 1.807) is 44.3 Å². The maximum Gasteiger partial charge on any atom is 0.340 e. The standard InChI is InChI=1S/C23H22Cl2N4O6S/c1-13-21(22(31)29(28(13)2)15-6-4-3-5-7-15)27-36(33,34)19-10-16(17(24)11-18(19)25)23(32)35-12-20(30)26-14-8-9-14/h3-7,10-11,14,27H,8-9,12H2,1-2H3,(H,26,30). The highest BCUT2D eigenvalue weighted by Gasteiger charge is 2.28. The molecule has 190 valence electrons. The molecule has 1 amide bonds. The molecule has 4 rings (SSSR count). The highest BCUT2D eigenvalue weighted by molar-refractivity contribution is 7.92. The Kier molecular flexibility index (Phi) is 7.17. The molecule has 1 aromatic heterocycles. The summed E-state index contributed by atoms with van der Waals surface area (Å²) in [5.74, 6) is -1.47. The number of sulfonamides is 1. The first-order valence-electron chi connectivity index (χ1n) is 10.8. The summed E-state index contributed by atoms with van der Waals surface area (Å²) in [5.41, 5.74) is -0.200. The van der Waals surface area contributed by atoms with Crippen molar-refractivity contribution in [2.45, 2.75) is 30.7 Å². The van der Waals surface area contributed by atoms with Gasteiger partial charge in [-0.15, -0.1) is 0 Å². The van der Waals surface area contributed by atoms with Crippen molar-refractivity contribution in [2.75, 3.05) is 11.3 Å². The van der Waals surface area contributed by atoms with Crippen LogP contribution in [-0.4, -0.2) is 42.3 Å². The van der Waals surface area contributed by atoms with Crippen LogP contribution in [-0.2, 0) is 26.6 Å². The summed E-state index contributed by atoms with van der Waals surface area (Å²) in [6.45, 7) is 1.04. The fourth-order valence-electron chi connectivity index (χ4n) is 3.47. The van der Waals surface area contributed by atoms with Crippen molar-refractivity contribution >= 4 is 50.8 Å². The fraction of sp³-hybridized carbons (Fsp3) is 0.261. The molecule has 0 atom stereocenters. The molecule has 0 aliphatic heterocycles. The van der Waals surface area contributed by atoms with Crippen molar-refractivity contribution in [1.29, 1.82) is 0 Å². The van der Waals surface area contributed by atoms with Gasteiger partial charge in [-0.2, -0.15) is 0 Å². The van der Waals surface area contributed by atoms with E-state index in [1.807, 2.05) is 0 Å². The molecule has 1 saturated carbocycles. The molecular weight excluding hydrogens is 531 g/mol. The normalized spacial score (nSPS) is 13.3. The number of esters is 1. The number of para-hydroxylation sites is 1. The molecule has 2 N–H and O–H groups in total. The van der Waals surface area contributed by atoms with Crippen LogP contribution in [0.5, 0.6) is 0 Å². The molecule has 0 spiro atoms. The topological polar surface area (TPSA) is 128 Å². The molecule has 0 saturated heterocycles. The fourth-order valence-corrected chi connectivity index (χ4v) is 5.44. The first-order chi connectivity index (χ1) is 17.0. The molecule has 0 bridgehead atoms. The van der Waals surface area contributed by atoms with Gasteiger partial charge >= 0.3 is 5.97 Å². The second-order valence-corrected chi connectivity index (χ2v) is 10.7. The molecule has 1 aliphatic carbocycles. The predicted octanol–water partition coefficient (Wildman–Crippen LogP) is 3.03. The molecule has 0 unspecified atom stereocenters. The summed E-state index contributed by atoms with van der Waals surface area (Å²) >= 11 is 12.3. The largest absolute Gasteiger partial charge is 0.452 e. The Hall–Kier alpha value is -3.28. The Bertz CT molecular complexity index is 1510. The van der Waals surface area contributed by atoms with Crippen molar-refractivity contribution in [2.24, 2.45) is 7.05 Å². The molecule has 36 heavy (non-hydrogen) atoms. The van der Waals surface area contributed by atoms with E-state index in [9.17, 15) is 22.8 Å². The molecule has 0 radical (unpaired) electrons. The van der Waals surface area contributed by atoms with Gasteiger partial charge in [0.1, 0.15) is 10.6 Å². The van der Waals surface area contributed by atoms with Crippen LogP contribution in [0.2, 0.25) is 10.0 Å². The van der Waals surface area contributed by atoms with Crippen LogP contribution >= 0.6 is 23.2 Å². The maximum absolute atomic E-state index is 13.3. The minimum absolute atomic E-state index is 0.0889. The third kappa shape index (κ3) is 5.28. The number of amides is 1. The van der Waals surface area contributed by atoms with Crippen molar-refractivity contribution in [1.82, 2.24) is 14.7 Å². The van der Waals surface area contributed by atoms with E-state index in [2.05, 4.69) is 10.0 Å². The van der Waals surface area contributed by atoms with E-state index >= 15 is 0 Å². The molecule has 3 aromatic rings. The molecule has 1 fully saturated rings. The maximum atomic E-state index is 13.3. The smallest absolute Gasteiger partial charge is 0.340 e. The summed E-state index contributed by atoms with van der Waals surface area (Å²) in [6, 6.07) is 10.8. The highest BCUT2D eigenvalue weighted by atomic mass is 35.5. The van der Waals surface area contributed by atoms with Crippen LogP contribution in [0.15, 0.2) is 52.2 Å². The van der Waals surface area contributed by atoms with Crippen LogP contribution in [0.3, 0.4) is 0 Å². The Morgan fingerprint density at radius 1 is 1.11 bits per heavy atom. The molecule has 1 aliphatic rings. The number of carbonyl (C=O) groups excluding carboxylic acids is 2. The summed E-state index contributed by atoms with van der Waals surface area (Å²) in [5, 5.41) is 2.24. The zero-order chi connectivity index (χ0) is 26.2. The van der Waals surface area contributed by atoms with Crippen molar-refractivity contribution < 1.29 is 22.7 Å². The van der Waals surface area contributed by atoms with Gasteiger partial charge in [0.15, 0.2) is 6.61 Å².